The molecule has 3 heteroatoms. The Kier molecular flexibility index (Phi) is 2.98. The number of hydrogen-bond acceptors (Lipinski definition) is 2. The number of hydrogen-bond donors (Lipinski definition) is 0. The van der Waals surface area contributed by atoms with Crippen LogP contribution in [0.15, 0.2) is 0 Å². The molecule has 1 atom stereocenters. The molecule has 3 nitrogen and oxygen atoms in total. The molecule has 0 N–H and O–H groups in total. The fourth-order valence-corrected chi connectivity index (χ4v) is 1.41. The summed E-state index contributed by atoms with van der Waals surface area (Å²) in [6, 6.07) is 0. The second-order valence-corrected chi connectivity index (χ2v) is 2.92. The molecule has 0 saturated carbocycles. The lowest BCUT2D eigenvalue weighted by molar-refractivity contribution is 0.109. The number of methoxy groups -OCH3 is 1. The maximum atomic E-state index is 11.1. The van der Waals surface area contributed by atoms with Crippen molar-refractivity contribution in [1.82, 2.24) is 4.90 Å². The number of carbonyl (C=O) groups excluding carboxylic acids is 1. The molecular formula is C9H13NO2. The van der Waals surface area contributed by atoms with Gasteiger partial charge in [0.15, 0.2) is 0 Å². The Morgan fingerprint density at radius 2 is 2.50 bits per heavy atom. The van der Waals surface area contributed by atoms with Crippen molar-refractivity contribution in [1.29, 1.82) is 0 Å². The molecule has 1 aliphatic heterocycles. The zero-order chi connectivity index (χ0) is 8.97. The van der Waals surface area contributed by atoms with Crippen LogP contribution in [0.25, 0.3) is 0 Å². The fourth-order valence-electron chi connectivity index (χ4n) is 1.41. The van der Waals surface area contributed by atoms with Gasteiger partial charge in [0.25, 0.3) is 0 Å². The average molecular weight is 167 g/mol. The molecule has 1 rings (SSSR count). The third-order valence-corrected chi connectivity index (χ3v) is 2.09. The number of piperidine rings is 1. The second kappa shape index (κ2) is 4.01. The number of amides is 1. The first-order chi connectivity index (χ1) is 5.77. The van der Waals surface area contributed by atoms with Crippen LogP contribution in [0.5, 0.6) is 0 Å². The summed E-state index contributed by atoms with van der Waals surface area (Å²) in [4.78, 5) is 12.7. The molecule has 66 valence electrons. The van der Waals surface area contributed by atoms with Crippen molar-refractivity contribution in [3.63, 3.8) is 0 Å². The number of rotatable bonds is 0. The van der Waals surface area contributed by atoms with E-state index in [-0.39, 0.29) is 12.0 Å². The summed E-state index contributed by atoms with van der Waals surface area (Å²) in [5, 5.41) is 0. The number of nitrogens with zero attached hydrogens (tertiary/aromatic N) is 1. The minimum Gasteiger partial charge on any atom is -0.453 e. The molecule has 1 saturated heterocycles. The van der Waals surface area contributed by atoms with Crippen LogP contribution in [-0.2, 0) is 4.74 Å². The topological polar surface area (TPSA) is 29.5 Å². The van der Waals surface area contributed by atoms with Gasteiger partial charge in [0.1, 0.15) is 0 Å². The molecule has 12 heavy (non-hydrogen) atoms. The monoisotopic (exact) mass is 167 g/mol. The van der Waals surface area contributed by atoms with E-state index in [2.05, 4.69) is 10.7 Å². The molecule has 0 aliphatic carbocycles. The molecule has 1 aliphatic rings. The van der Waals surface area contributed by atoms with E-state index in [0.29, 0.717) is 6.54 Å². The zero-order valence-corrected chi connectivity index (χ0v) is 7.25. The maximum absolute atomic E-state index is 11.1. The van der Waals surface area contributed by atoms with Crippen molar-refractivity contribution in [3.05, 3.63) is 0 Å². The van der Waals surface area contributed by atoms with Gasteiger partial charge in [-0.15, -0.1) is 12.3 Å². The first kappa shape index (κ1) is 8.92. The van der Waals surface area contributed by atoms with Crippen LogP contribution in [0, 0.1) is 18.3 Å². The Balaban J connectivity index is 2.47. The molecular weight excluding hydrogens is 154 g/mol. The highest BCUT2D eigenvalue weighted by Crippen LogP contribution is 2.15. The van der Waals surface area contributed by atoms with E-state index in [9.17, 15) is 4.79 Å². The van der Waals surface area contributed by atoms with Crippen LogP contribution in [0.3, 0.4) is 0 Å². The van der Waals surface area contributed by atoms with Crippen LogP contribution < -0.4 is 0 Å². The molecule has 0 radical (unpaired) electrons. The van der Waals surface area contributed by atoms with E-state index in [1.54, 1.807) is 4.90 Å². The van der Waals surface area contributed by atoms with Crippen molar-refractivity contribution in [2.75, 3.05) is 20.2 Å². The third-order valence-electron chi connectivity index (χ3n) is 2.09. The van der Waals surface area contributed by atoms with Crippen molar-refractivity contribution in [3.8, 4) is 12.3 Å². The van der Waals surface area contributed by atoms with E-state index >= 15 is 0 Å². The molecule has 0 aromatic heterocycles. The van der Waals surface area contributed by atoms with Crippen LogP contribution in [0.1, 0.15) is 12.8 Å². The minimum absolute atomic E-state index is 0.206. The minimum atomic E-state index is -0.269. The van der Waals surface area contributed by atoms with Gasteiger partial charge < -0.3 is 9.64 Å². The van der Waals surface area contributed by atoms with Gasteiger partial charge >= 0.3 is 6.09 Å². The van der Waals surface area contributed by atoms with Crippen LogP contribution >= 0.6 is 0 Å². The van der Waals surface area contributed by atoms with E-state index in [1.165, 1.54) is 7.11 Å². The van der Waals surface area contributed by atoms with Gasteiger partial charge in [0.05, 0.1) is 7.11 Å². The number of ether oxygens (including phenoxy) is 1. The predicted molar refractivity (Wildman–Crippen MR) is 45.5 cm³/mol. The molecule has 0 aromatic rings. The summed E-state index contributed by atoms with van der Waals surface area (Å²) in [6.45, 7) is 1.41. The summed E-state index contributed by atoms with van der Waals surface area (Å²) >= 11 is 0. The molecule has 0 aromatic carbocycles. The Morgan fingerprint density at radius 1 is 1.75 bits per heavy atom. The summed E-state index contributed by atoms with van der Waals surface area (Å²) in [7, 11) is 1.39. The van der Waals surface area contributed by atoms with Crippen molar-refractivity contribution in [2.24, 2.45) is 5.92 Å². The van der Waals surface area contributed by atoms with E-state index in [4.69, 9.17) is 6.42 Å². The highest BCUT2D eigenvalue weighted by atomic mass is 16.5. The fraction of sp³-hybridized carbons (Fsp3) is 0.667. The van der Waals surface area contributed by atoms with Gasteiger partial charge in [0.2, 0.25) is 0 Å². The molecule has 1 unspecified atom stereocenters. The zero-order valence-electron chi connectivity index (χ0n) is 7.25. The van der Waals surface area contributed by atoms with Crippen molar-refractivity contribution >= 4 is 6.09 Å². The first-order valence-electron chi connectivity index (χ1n) is 4.07. The van der Waals surface area contributed by atoms with Gasteiger partial charge in [-0.05, 0) is 12.8 Å². The van der Waals surface area contributed by atoms with Crippen molar-refractivity contribution in [2.45, 2.75) is 12.8 Å². The third kappa shape index (κ3) is 1.91. The van der Waals surface area contributed by atoms with Gasteiger partial charge in [-0.1, -0.05) is 0 Å². The SMILES string of the molecule is C#CC1CCCN(C(=O)OC)C1. The molecule has 1 amide bonds. The van der Waals surface area contributed by atoms with Crippen molar-refractivity contribution < 1.29 is 9.53 Å². The number of likely N-dealkylation sites (tertiary alicyclic amines) is 1. The smallest absolute Gasteiger partial charge is 0.409 e. The highest BCUT2D eigenvalue weighted by molar-refractivity contribution is 5.67. The maximum Gasteiger partial charge on any atom is 0.409 e. The van der Waals surface area contributed by atoms with E-state index in [1.807, 2.05) is 0 Å². The van der Waals surface area contributed by atoms with Gasteiger partial charge in [-0.3, -0.25) is 0 Å². The Bertz CT molecular complexity index is 207. The van der Waals surface area contributed by atoms with E-state index in [0.717, 1.165) is 19.4 Å². The molecule has 1 fully saturated rings. The Hall–Kier alpha value is -1.17. The lowest BCUT2D eigenvalue weighted by Crippen LogP contribution is -2.39. The molecule has 1 heterocycles. The largest absolute Gasteiger partial charge is 0.453 e. The standard InChI is InChI=1S/C9H13NO2/c1-3-8-5-4-6-10(7-8)9(11)12-2/h1,8H,4-7H2,2H3. The Labute approximate surface area is 72.7 Å². The number of carbonyl (C=O) groups is 1. The van der Waals surface area contributed by atoms with Gasteiger partial charge in [-0.2, -0.15) is 0 Å². The summed E-state index contributed by atoms with van der Waals surface area (Å²) in [5.74, 6) is 2.87. The lowest BCUT2D eigenvalue weighted by Gasteiger charge is -2.28. The first-order valence-corrected chi connectivity index (χ1v) is 4.07. The second-order valence-electron chi connectivity index (χ2n) is 2.92. The van der Waals surface area contributed by atoms with Gasteiger partial charge in [0, 0.05) is 19.0 Å². The highest BCUT2D eigenvalue weighted by Gasteiger charge is 2.22. The van der Waals surface area contributed by atoms with Gasteiger partial charge in [-0.25, -0.2) is 4.79 Å². The van der Waals surface area contributed by atoms with Crippen LogP contribution in [0.2, 0.25) is 0 Å². The molecule has 0 bridgehead atoms. The quantitative estimate of drug-likeness (QED) is 0.505. The summed E-state index contributed by atoms with van der Waals surface area (Å²) < 4.78 is 4.60. The normalized spacial score (nSPS) is 23.0. The molecule has 0 spiro atoms. The summed E-state index contributed by atoms with van der Waals surface area (Å²) in [5.41, 5.74) is 0. The van der Waals surface area contributed by atoms with Crippen LogP contribution in [-0.4, -0.2) is 31.2 Å². The summed E-state index contributed by atoms with van der Waals surface area (Å²) in [6.07, 6.45) is 7.00. The lowest BCUT2D eigenvalue weighted by atomic mass is 10.00. The average Bonchev–Trinajstić information content (AvgIpc) is 2.17. The predicted octanol–water partition coefficient (Wildman–Crippen LogP) is 1.10. The Morgan fingerprint density at radius 3 is 3.08 bits per heavy atom. The van der Waals surface area contributed by atoms with E-state index < -0.39 is 0 Å². The van der Waals surface area contributed by atoms with Crippen LogP contribution in [0.4, 0.5) is 4.79 Å². The number of terminal acetylenes is 1.